The van der Waals surface area contributed by atoms with Gasteiger partial charge in [0.25, 0.3) is 0 Å². The van der Waals surface area contributed by atoms with Crippen LogP contribution in [0.25, 0.3) is 0 Å². The molecule has 1 atom stereocenters. The van der Waals surface area contributed by atoms with E-state index in [0.29, 0.717) is 18.7 Å². The summed E-state index contributed by atoms with van der Waals surface area (Å²) in [4.78, 5) is 1.94. The van der Waals surface area contributed by atoms with Gasteiger partial charge in [-0.2, -0.15) is 0 Å². The zero-order chi connectivity index (χ0) is 13.8. The molecule has 1 aromatic rings. The number of alkyl halides is 2. The van der Waals surface area contributed by atoms with Crippen molar-refractivity contribution < 1.29 is 13.2 Å². The van der Waals surface area contributed by atoms with Gasteiger partial charge in [0.1, 0.15) is 5.82 Å². The molecule has 1 aliphatic rings. The van der Waals surface area contributed by atoms with Crippen molar-refractivity contribution in [3.63, 3.8) is 0 Å². The standard InChI is InChI=1S/C14H19F3N2/c1-10-2-3-12(15)11(8-10)13(9-14(16)17)19-6-4-18-5-7-19/h2-3,8,13-14,18H,4-7,9H2,1H3/t13-/m0/s1. The Morgan fingerprint density at radius 1 is 1.26 bits per heavy atom. The van der Waals surface area contributed by atoms with Crippen LogP contribution in [0, 0.1) is 12.7 Å². The third kappa shape index (κ3) is 3.70. The average Bonchev–Trinajstić information content (AvgIpc) is 2.40. The van der Waals surface area contributed by atoms with Gasteiger partial charge in [-0.15, -0.1) is 0 Å². The first-order chi connectivity index (χ1) is 9.08. The van der Waals surface area contributed by atoms with Gasteiger partial charge < -0.3 is 5.32 Å². The Bertz CT molecular complexity index is 417. The van der Waals surface area contributed by atoms with Crippen LogP contribution < -0.4 is 5.32 Å². The molecule has 1 fully saturated rings. The van der Waals surface area contributed by atoms with Crippen molar-refractivity contribution in [1.29, 1.82) is 0 Å². The number of piperazine rings is 1. The summed E-state index contributed by atoms with van der Waals surface area (Å²) in [6.45, 7) is 4.70. The van der Waals surface area contributed by atoms with Crippen LogP contribution in [0.15, 0.2) is 18.2 Å². The van der Waals surface area contributed by atoms with E-state index in [2.05, 4.69) is 5.32 Å². The molecule has 1 aliphatic heterocycles. The smallest absolute Gasteiger partial charge is 0.240 e. The van der Waals surface area contributed by atoms with Crippen LogP contribution in [0.5, 0.6) is 0 Å². The molecule has 1 saturated heterocycles. The van der Waals surface area contributed by atoms with E-state index < -0.39 is 18.3 Å². The molecule has 2 rings (SSSR count). The summed E-state index contributed by atoms with van der Waals surface area (Å²) in [5, 5.41) is 3.18. The molecular formula is C14H19F3N2. The van der Waals surface area contributed by atoms with Crippen molar-refractivity contribution in [3.05, 3.63) is 35.1 Å². The zero-order valence-corrected chi connectivity index (χ0v) is 11.0. The van der Waals surface area contributed by atoms with E-state index in [1.165, 1.54) is 6.07 Å². The number of halogens is 3. The van der Waals surface area contributed by atoms with Crippen molar-refractivity contribution in [2.24, 2.45) is 0 Å². The summed E-state index contributed by atoms with van der Waals surface area (Å²) in [6.07, 6.45) is -2.75. The number of benzene rings is 1. The number of rotatable bonds is 4. The molecule has 0 aromatic heterocycles. The molecule has 1 N–H and O–H groups in total. The second-order valence-electron chi connectivity index (χ2n) is 4.95. The van der Waals surface area contributed by atoms with Gasteiger partial charge in [-0.05, 0) is 13.0 Å². The molecular weight excluding hydrogens is 253 g/mol. The number of hydrogen-bond donors (Lipinski definition) is 1. The molecule has 1 aromatic carbocycles. The molecule has 0 aliphatic carbocycles. The highest BCUT2D eigenvalue weighted by atomic mass is 19.3. The van der Waals surface area contributed by atoms with Crippen LogP contribution in [0.3, 0.4) is 0 Å². The molecule has 2 nitrogen and oxygen atoms in total. The second kappa shape index (κ2) is 6.39. The second-order valence-corrected chi connectivity index (χ2v) is 4.95. The number of aryl methyl sites for hydroxylation is 1. The third-order valence-corrected chi connectivity index (χ3v) is 3.50. The fourth-order valence-corrected chi connectivity index (χ4v) is 2.55. The molecule has 0 spiro atoms. The minimum atomic E-state index is -2.43. The topological polar surface area (TPSA) is 15.3 Å². The lowest BCUT2D eigenvalue weighted by molar-refractivity contribution is 0.0725. The summed E-state index contributed by atoms with van der Waals surface area (Å²) in [5.74, 6) is -0.394. The van der Waals surface area contributed by atoms with Gasteiger partial charge in [-0.1, -0.05) is 17.7 Å². The first kappa shape index (κ1) is 14.3. The fourth-order valence-electron chi connectivity index (χ4n) is 2.55. The van der Waals surface area contributed by atoms with E-state index in [9.17, 15) is 13.2 Å². The SMILES string of the molecule is Cc1ccc(F)c([C@H](CC(F)F)N2CCNCC2)c1. The zero-order valence-electron chi connectivity index (χ0n) is 11.0. The molecule has 0 amide bonds. The Hall–Kier alpha value is -1.07. The van der Waals surface area contributed by atoms with Gasteiger partial charge in [-0.3, -0.25) is 4.90 Å². The molecule has 0 unspecified atom stereocenters. The average molecular weight is 272 g/mol. The van der Waals surface area contributed by atoms with Gasteiger partial charge in [-0.25, -0.2) is 13.2 Å². The minimum Gasteiger partial charge on any atom is -0.314 e. The van der Waals surface area contributed by atoms with E-state index in [1.54, 1.807) is 12.1 Å². The van der Waals surface area contributed by atoms with Crippen molar-refractivity contribution in [2.75, 3.05) is 26.2 Å². The van der Waals surface area contributed by atoms with Gasteiger partial charge in [0.2, 0.25) is 6.43 Å². The lowest BCUT2D eigenvalue weighted by Gasteiger charge is -2.35. The molecule has 5 heteroatoms. The maximum Gasteiger partial charge on any atom is 0.240 e. The Labute approximate surface area is 111 Å². The van der Waals surface area contributed by atoms with E-state index in [1.807, 2.05) is 11.8 Å². The molecule has 1 heterocycles. The first-order valence-electron chi connectivity index (χ1n) is 6.57. The number of nitrogens with one attached hydrogen (secondary N) is 1. The lowest BCUT2D eigenvalue weighted by Crippen LogP contribution is -2.45. The van der Waals surface area contributed by atoms with E-state index in [0.717, 1.165) is 18.7 Å². The van der Waals surface area contributed by atoms with Gasteiger partial charge in [0.05, 0.1) is 0 Å². The van der Waals surface area contributed by atoms with Crippen molar-refractivity contribution in [3.8, 4) is 0 Å². The number of nitrogens with zero attached hydrogens (tertiary/aromatic N) is 1. The van der Waals surface area contributed by atoms with Crippen LogP contribution in [0.2, 0.25) is 0 Å². The van der Waals surface area contributed by atoms with Crippen LogP contribution in [-0.2, 0) is 0 Å². The highest BCUT2D eigenvalue weighted by Crippen LogP contribution is 2.30. The van der Waals surface area contributed by atoms with Gasteiger partial charge in [0.15, 0.2) is 0 Å². The monoisotopic (exact) mass is 272 g/mol. The summed E-state index contributed by atoms with van der Waals surface area (Å²) in [7, 11) is 0. The van der Waals surface area contributed by atoms with Gasteiger partial charge >= 0.3 is 0 Å². The Balaban J connectivity index is 2.27. The van der Waals surface area contributed by atoms with Gasteiger partial charge in [0, 0.05) is 44.2 Å². The highest BCUT2D eigenvalue weighted by Gasteiger charge is 2.27. The van der Waals surface area contributed by atoms with E-state index in [4.69, 9.17) is 0 Å². The number of hydrogen-bond acceptors (Lipinski definition) is 2. The maximum absolute atomic E-state index is 13.9. The molecule has 0 radical (unpaired) electrons. The van der Waals surface area contributed by atoms with Crippen LogP contribution >= 0.6 is 0 Å². The quantitative estimate of drug-likeness (QED) is 0.906. The summed E-state index contributed by atoms with van der Waals surface area (Å²) < 4.78 is 39.5. The van der Waals surface area contributed by atoms with Crippen molar-refractivity contribution in [1.82, 2.24) is 10.2 Å². The molecule has 19 heavy (non-hydrogen) atoms. The first-order valence-corrected chi connectivity index (χ1v) is 6.57. The lowest BCUT2D eigenvalue weighted by atomic mass is 9.99. The fraction of sp³-hybridized carbons (Fsp3) is 0.571. The van der Waals surface area contributed by atoms with E-state index in [-0.39, 0.29) is 6.42 Å². The predicted molar refractivity (Wildman–Crippen MR) is 68.9 cm³/mol. The van der Waals surface area contributed by atoms with Crippen molar-refractivity contribution in [2.45, 2.75) is 25.8 Å². The predicted octanol–water partition coefficient (Wildman–Crippen LogP) is 2.74. The Morgan fingerprint density at radius 2 is 1.95 bits per heavy atom. The Kier molecular flexibility index (Phi) is 4.82. The largest absolute Gasteiger partial charge is 0.314 e. The highest BCUT2D eigenvalue weighted by molar-refractivity contribution is 5.27. The summed E-state index contributed by atoms with van der Waals surface area (Å²) in [5.41, 5.74) is 1.29. The molecule has 106 valence electrons. The summed E-state index contributed by atoms with van der Waals surface area (Å²) in [6, 6.07) is 4.17. The molecule has 0 bridgehead atoms. The minimum absolute atomic E-state index is 0.319. The normalized spacial score (nSPS) is 18.8. The van der Waals surface area contributed by atoms with Crippen LogP contribution in [0.4, 0.5) is 13.2 Å². The Morgan fingerprint density at radius 3 is 2.58 bits per heavy atom. The van der Waals surface area contributed by atoms with Crippen molar-refractivity contribution >= 4 is 0 Å². The van der Waals surface area contributed by atoms with Crippen LogP contribution in [-0.4, -0.2) is 37.5 Å². The summed E-state index contributed by atoms with van der Waals surface area (Å²) >= 11 is 0. The maximum atomic E-state index is 13.9. The van der Waals surface area contributed by atoms with Crippen LogP contribution in [0.1, 0.15) is 23.6 Å². The van der Waals surface area contributed by atoms with E-state index >= 15 is 0 Å². The third-order valence-electron chi connectivity index (χ3n) is 3.50. The molecule has 0 saturated carbocycles.